The van der Waals surface area contributed by atoms with E-state index in [1.165, 1.54) is 11.8 Å². The number of nitrogens with zero attached hydrogens (tertiary/aromatic N) is 1. The van der Waals surface area contributed by atoms with Gasteiger partial charge in [-0.05, 0) is 47.7 Å². The van der Waals surface area contributed by atoms with Gasteiger partial charge in [-0.1, -0.05) is 74.9 Å². The maximum absolute atomic E-state index is 13.5. The third-order valence-electron chi connectivity index (χ3n) is 5.86. The minimum absolute atomic E-state index is 0.00743. The molecular weight excluding hydrogens is 410 g/mol. The molecule has 33 heavy (non-hydrogen) atoms. The van der Waals surface area contributed by atoms with E-state index in [4.69, 9.17) is 4.42 Å². The predicted molar refractivity (Wildman–Crippen MR) is 132 cm³/mol. The zero-order valence-electron chi connectivity index (χ0n) is 19.6. The largest absolute Gasteiger partial charge is 0.464 e. The quantitative estimate of drug-likeness (QED) is 0.370. The minimum atomic E-state index is -0.122. The van der Waals surface area contributed by atoms with Gasteiger partial charge in [0.2, 0.25) is 0 Å². The predicted octanol–water partition coefficient (Wildman–Crippen LogP) is 6.24. The average molecular weight is 440 g/mol. The number of aryl methyl sites for hydroxylation is 1. The number of carbonyl (C=O) groups is 1. The molecule has 0 saturated carbocycles. The number of hydrogen-bond donors (Lipinski definition) is 0. The fraction of sp³-hybridized carbons (Fsp3) is 0.241. The average Bonchev–Trinajstić information content (AvgIpc) is 2.80. The smallest absolute Gasteiger partial charge is 0.254 e. The molecule has 0 atom stereocenters. The summed E-state index contributed by atoms with van der Waals surface area (Å²) in [6.07, 6.45) is 1.48. The molecule has 0 bridgehead atoms. The second kappa shape index (κ2) is 9.07. The summed E-state index contributed by atoms with van der Waals surface area (Å²) >= 11 is 0. The summed E-state index contributed by atoms with van der Waals surface area (Å²) in [6.45, 7) is 8.94. The fourth-order valence-corrected chi connectivity index (χ4v) is 3.90. The highest BCUT2D eigenvalue weighted by Crippen LogP contribution is 2.23. The van der Waals surface area contributed by atoms with Crippen molar-refractivity contribution in [2.45, 2.75) is 46.2 Å². The molecule has 0 aliphatic rings. The molecule has 0 N–H and O–H groups in total. The zero-order chi connectivity index (χ0) is 23.6. The SMILES string of the molecule is Cc1ccc2occ(CN(Cc3ccccc3)C(=O)c3ccc(C(C)(C)C)cc3)c(=O)c2c1. The lowest BCUT2D eigenvalue weighted by atomic mass is 9.86. The van der Waals surface area contributed by atoms with E-state index >= 15 is 0 Å². The van der Waals surface area contributed by atoms with Gasteiger partial charge in [-0.3, -0.25) is 9.59 Å². The summed E-state index contributed by atoms with van der Waals surface area (Å²) in [7, 11) is 0. The molecule has 4 heteroatoms. The van der Waals surface area contributed by atoms with E-state index in [-0.39, 0.29) is 23.3 Å². The molecule has 4 aromatic rings. The zero-order valence-corrected chi connectivity index (χ0v) is 19.6. The first-order valence-electron chi connectivity index (χ1n) is 11.2. The molecule has 0 fully saturated rings. The summed E-state index contributed by atoms with van der Waals surface area (Å²) in [5.74, 6) is -0.122. The van der Waals surface area contributed by atoms with Crippen molar-refractivity contribution in [1.82, 2.24) is 4.90 Å². The van der Waals surface area contributed by atoms with E-state index in [1.807, 2.05) is 73.7 Å². The Morgan fingerprint density at radius 3 is 2.27 bits per heavy atom. The molecule has 168 valence electrons. The van der Waals surface area contributed by atoms with Gasteiger partial charge in [-0.15, -0.1) is 0 Å². The molecule has 1 amide bonds. The molecule has 3 aromatic carbocycles. The first-order chi connectivity index (χ1) is 15.7. The van der Waals surface area contributed by atoms with Crippen LogP contribution in [0.1, 0.15) is 53.4 Å². The lowest BCUT2D eigenvalue weighted by molar-refractivity contribution is 0.0729. The summed E-state index contributed by atoms with van der Waals surface area (Å²) in [5, 5.41) is 0.536. The molecule has 0 saturated heterocycles. The van der Waals surface area contributed by atoms with Crippen LogP contribution in [0.2, 0.25) is 0 Å². The van der Waals surface area contributed by atoms with Gasteiger partial charge in [0.25, 0.3) is 5.91 Å². The molecule has 0 aliphatic heterocycles. The van der Waals surface area contributed by atoms with Crippen LogP contribution in [0.4, 0.5) is 0 Å². The van der Waals surface area contributed by atoms with Crippen LogP contribution < -0.4 is 5.43 Å². The van der Waals surface area contributed by atoms with Crippen LogP contribution in [0.15, 0.2) is 88.3 Å². The summed E-state index contributed by atoms with van der Waals surface area (Å²) < 4.78 is 5.73. The van der Waals surface area contributed by atoms with E-state index in [0.29, 0.717) is 28.6 Å². The summed E-state index contributed by atoms with van der Waals surface area (Å²) in [5.41, 5.74) is 4.67. The molecule has 0 aliphatic carbocycles. The van der Waals surface area contributed by atoms with Crippen LogP contribution >= 0.6 is 0 Å². The molecule has 0 radical (unpaired) electrons. The van der Waals surface area contributed by atoms with Crippen molar-refractivity contribution in [2.24, 2.45) is 0 Å². The standard InChI is InChI=1S/C29H29NO3/c1-20-10-15-26-25(16-20)27(31)23(19-33-26)18-30(17-21-8-6-5-7-9-21)28(32)22-11-13-24(14-12-22)29(2,3)4/h5-16,19H,17-18H2,1-4H3. The van der Waals surface area contributed by atoms with E-state index in [9.17, 15) is 9.59 Å². The number of amides is 1. The highest BCUT2D eigenvalue weighted by atomic mass is 16.3. The van der Waals surface area contributed by atoms with Gasteiger partial charge in [-0.2, -0.15) is 0 Å². The van der Waals surface area contributed by atoms with Crippen molar-refractivity contribution in [3.8, 4) is 0 Å². The van der Waals surface area contributed by atoms with Crippen LogP contribution in [0, 0.1) is 6.92 Å². The Balaban J connectivity index is 1.69. The van der Waals surface area contributed by atoms with Gasteiger partial charge in [0, 0.05) is 12.1 Å². The van der Waals surface area contributed by atoms with Crippen molar-refractivity contribution in [3.63, 3.8) is 0 Å². The number of hydrogen-bond acceptors (Lipinski definition) is 3. The Morgan fingerprint density at radius 2 is 1.61 bits per heavy atom. The minimum Gasteiger partial charge on any atom is -0.464 e. The maximum Gasteiger partial charge on any atom is 0.254 e. The first-order valence-corrected chi connectivity index (χ1v) is 11.2. The van der Waals surface area contributed by atoms with Gasteiger partial charge >= 0.3 is 0 Å². The Labute approximate surface area is 194 Å². The molecule has 4 rings (SSSR count). The molecule has 1 aromatic heterocycles. The highest BCUT2D eigenvalue weighted by molar-refractivity contribution is 5.94. The second-order valence-electron chi connectivity index (χ2n) is 9.56. The lowest BCUT2D eigenvalue weighted by Gasteiger charge is -2.24. The van der Waals surface area contributed by atoms with Crippen molar-refractivity contribution in [3.05, 3.63) is 117 Å². The van der Waals surface area contributed by atoms with E-state index in [2.05, 4.69) is 20.8 Å². The van der Waals surface area contributed by atoms with Crippen LogP contribution in [-0.2, 0) is 18.5 Å². The molecule has 0 unspecified atom stereocenters. The summed E-state index contributed by atoms with van der Waals surface area (Å²) in [6, 6.07) is 23.1. The monoisotopic (exact) mass is 439 g/mol. The van der Waals surface area contributed by atoms with Gasteiger partial charge in [-0.25, -0.2) is 0 Å². The van der Waals surface area contributed by atoms with E-state index in [0.717, 1.165) is 11.1 Å². The Morgan fingerprint density at radius 1 is 0.909 bits per heavy atom. The molecule has 1 heterocycles. The van der Waals surface area contributed by atoms with Gasteiger partial charge in [0.1, 0.15) is 5.58 Å². The fourth-order valence-electron chi connectivity index (χ4n) is 3.90. The maximum atomic E-state index is 13.5. The molecular formula is C29H29NO3. The number of benzene rings is 3. The Bertz CT molecular complexity index is 1330. The van der Waals surface area contributed by atoms with Crippen LogP contribution in [0.5, 0.6) is 0 Å². The van der Waals surface area contributed by atoms with Gasteiger partial charge in [0.15, 0.2) is 5.43 Å². The topological polar surface area (TPSA) is 50.5 Å². The lowest BCUT2D eigenvalue weighted by Crippen LogP contribution is -2.32. The second-order valence-corrected chi connectivity index (χ2v) is 9.56. The van der Waals surface area contributed by atoms with Crippen LogP contribution in [0.3, 0.4) is 0 Å². The van der Waals surface area contributed by atoms with Gasteiger partial charge < -0.3 is 9.32 Å². The third-order valence-corrected chi connectivity index (χ3v) is 5.86. The molecule has 4 nitrogen and oxygen atoms in total. The highest BCUT2D eigenvalue weighted by Gasteiger charge is 2.21. The number of rotatable bonds is 5. The van der Waals surface area contributed by atoms with E-state index < -0.39 is 0 Å². The van der Waals surface area contributed by atoms with Crippen molar-refractivity contribution >= 4 is 16.9 Å². The van der Waals surface area contributed by atoms with Crippen molar-refractivity contribution in [1.29, 1.82) is 0 Å². The Kier molecular flexibility index (Phi) is 6.19. The summed E-state index contributed by atoms with van der Waals surface area (Å²) in [4.78, 5) is 28.4. The normalized spacial score (nSPS) is 11.5. The van der Waals surface area contributed by atoms with Gasteiger partial charge in [0.05, 0.1) is 23.8 Å². The number of fused-ring (bicyclic) bond motifs is 1. The van der Waals surface area contributed by atoms with Crippen LogP contribution in [0.25, 0.3) is 11.0 Å². The molecule has 0 spiro atoms. The number of carbonyl (C=O) groups excluding carboxylic acids is 1. The first kappa shape index (κ1) is 22.5. The third kappa shape index (κ3) is 5.06. The Hall–Kier alpha value is -3.66. The van der Waals surface area contributed by atoms with Crippen LogP contribution in [-0.4, -0.2) is 10.8 Å². The van der Waals surface area contributed by atoms with E-state index in [1.54, 1.807) is 11.0 Å². The van der Waals surface area contributed by atoms with Crippen molar-refractivity contribution < 1.29 is 9.21 Å². The van der Waals surface area contributed by atoms with Crippen molar-refractivity contribution in [2.75, 3.05) is 0 Å².